The minimum absolute atomic E-state index is 0.000769. The summed E-state index contributed by atoms with van der Waals surface area (Å²) in [6.45, 7) is -0.749. The van der Waals surface area contributed by atoms with Crippen molar-refractivity contribution in [1.29, 1.82) is 0 Å². The van der Waals surface area contributed by atoms with Gasteiger partial charge in [-0.05, 0) is 43.0 Å². The summed E-state index contributed by atoms with van der Waals surface area (Å²) < 4.78 is 46.4. The van der Waals surface area contributed by atoms with Gasteiger partial charge >= 0.3 is 6.09 Å². The first-order valence-electron chi connectivity index (χ1n) is 10.8. The number of aliphatic imine (C=N–C) groups is 1. The average molecular weight is 446 g/mol. The predicted molar refractivity (Wildman–Crippen MR) is 110 cm³/mol. The fourth-order valence-electron chi connectivity index (χ4n) is 4.21. The van der Waals surface area contributed by atoms with Crippen LogP contribution in [0.15, 0.2) is 35.5 Å². The van der Waals surface area contributed by atoms with Crippen LogP contribution in [-0.2, 0) is 16.0 Å². The van der Waals surface area contributed by atoms with E-state index in [4.69, 9.17) is 19.2 Å². The van der Waals surface area contributed by atoms with E-state index in [1.165, 1.54) is 0 Å². The van der Waals surface area contributed by atoms with Crippen molar-refractivity contribution in [3.8, 4) is 5.75 Å². The SMILES string of the molecule is O=C1NCC(F)(F)COc2ccc3c(c2)C(=NC3C2CCCCO2)c2ccn(n2)CCO1. The van der Waals surface area contributed by atoms with Crippen LogP contribution in [0, 0.1) is 0 Å². The van der Waals surface area contributed by atoms with Crippen molar-refractivity contribution in [2.45, 2.75) is 43.9 Å². The third kappa shape index (κ3) is 4.32. The number of ether oxygens (including phenoxy) is 3. The topological polar surface area (TPSA) is 87.0 Å². The summed E-state index contributed by atoms with van der Waals surface area (Å²) >= 11 is 0. The highest BCUT2D eigenvalue weighted by atomic mass is 19.3. The van der Waals surface area contributed by atoms with Crippen LogP contribution in [-0.4, -0.2) is 60.0 Å². The van der Waals surface area contributed by atoms with Crippen LogP contribution >= 0.6 is 0 Å². The Kier molecular flexibility index (Phi) is 5.54. The van der Waals surface area contributed by atoms with E-state index in [1.54, 1.807) is 23.0 Å². The van der Waals surface area contributed by atoms with E-state index in [-0.39, 0.29) is 18.8 Å². The number of fused-ring (bicyclic) bond motifs is 4. The lowest BCUT2D eigenvalue weighted by molar-refractivity contribution is -0.0386. The first-order chi connectivity index (χ1) is 15.5. The molecule has 4 bridgehead atoms. The van der Waals surface area contributed by atoms with Crippen LogP contribution in [0.1, 0.15) is 42.1 Å². The Labute approximate surface area is 183 Å². The van der Waals surface area contributed by atoms with Crippen molar-refractivity contribution >= 4 is 11.8 Å². The van der Waals surface area contributed by atoms with Crippen LogP contribution in [0.5, 0.6) is 5.75 Å². The number of nitrogens with one attached hydrogen (secondary N) is 1. The lowest BCUT2D eigenvalue weighted by Crippen LogP contribution is -2.41. The zero-order valence-corrected chi connectivity index (χ0v) is 17.4. The van der Waals surface area contributed by atoms with E-state index in [1.807, 2.05) is 12.1 Å². The van der Waals surface area contributed by atoms with Crippen molar-refractivity contribution in [2.24, 2.45) is 4.99 Å². The fourth-order valence-corrected chi connectivity index (χ4v) is 4.21. The molecule has 0 spiro atoms. The molecule has 1 amide bonds. The highest BCUT2D eigenvalue weighted by Crippen LogP contribution is 2.39. The Hall–Kier alpha value is -3.01. The molecule has 0 radical (unpaired) electrons. The van der Waals surface area contributed by atoms with E-state index in [2.05, 4.69) is 10.4 Å². The molecule has 1 aromatic carbocycles. The molecule has 4 heterocycles. The predicted octanol–water partition coefficient (Wildman–Crippen LogP) is 3.10. The largest absolute Gasteiger partial charge is 0.487 e. The van der Waals surface area contributed by atoms with Crippen LogP contribution in [0.25, 0.3) is 0 Å². The lowest BCUT2D eigenvalue weighted by atomic mass is 9.94. The molecule has 1 fully saturated rings. The van der Waals surface area contributed by atoms with Crippen molar-refractivity contribution in [1.82, 2.24) is 15.1 Å². The number of amides is 1. The minimum atomic E-state index is -3.25. The summed E-state index contributed by atoms with van der Waals surface area (Å²) in [6, 6.07) is 6.95. The highest BCUT2D eigenvalue weighted by Gasteiger charge is 2.35. The lowest BCUT2D eigenvalue weighted by Gasteiger charge is -2.27. The maximum Gasteiger partial charge on any atom is 0.407 e. The molecule has 3 aliphatic rings. The van der Waals surface area contributed by atoms with Crippen LogP contribution < -0.4 is 10.1 Å². The molecule has 0 aliphatic carbocycles. The molecule has 5 rings (SSSR count). The first-order valence-corrected chi connectivity index (χ1v) is 10.8. The molecule has 2 aromatic rings. The van der Waals surface area contributed by atoms with Crippen molar-refractivity contribution in [2.75, 3.05) is 26.4 Å². The highest BCUT2D eigenvalue weighted by molar-refractivity contribution is 6.14. The third-order valence-electron chi connectivity index (χ3n) is 5.81. The number of hydrogen-bond donors (Lipinski definition) is 1. The number of carbonyl (C=O) groups is 1. The number of alkyl carbamates (subject to hydrolysis) is 1. The number of aromatic nitrogens is 2. The second-order valence-electron chi connectivity index (χ2n) is 8.17. The van der Waals surface area contributed by atoms with Gasteiger partial charge < -0.3 is 19.5 Å². The molecule has 2 atom stereocenters. The number of nitrogens with zero attached hydrogens (tertiary/aromatic N) is 3. The zero-order chi connectivity index (χ0) is 22.1. The molecular formula is C22H24F2N4O4. The average Bonchev–Trinajstić information content (AvgIpc) is 3.41. The van der Waals surface area contributed by atoms with E-state index < -0.39 is 25.2 Å². The Morgan fingerprint density at radius 1 is 1.16 bits per heavy atom. The Bertz CT molecular complexity index is 1030. The van der Waals surface area contributed by atoms with Crippen LogP contribution in [0.4, 0.5) is 13.6 Å². The molecule has 0 saturated carbocycles. The molecule has 1 aromatic heterocycles. The second kappa shape index (κ2) is 8.50. The first kappa shape index (κ1) is 20.9. The van der Waals surface area contributed by atoms with E-state index in [9.17, 15) is 13.6 Å². The molecule has 2 unspecified atom stereocenters. The van der Waals surface area contributed by atoms with Crippen LogP contribution in [0.2, 0.25) is 0 Å². The number of halogens is 2. The molecule has 3 aliphatic heterocycles. The van der Waals surface area contributed by atoms with Gasteiger partial charge in [0.1, 0.15) is 24.1 Å². The van der Waals surface area contributed by atoms with Gasteiger partial charge in [0.25, 0.3) is 5.92 Å². The van der Waals surface area contributed by atoms with Crippen LogP contribution in [0.3, 0.4) is 0 Å². The fraction of sp³-hybridized carbons (Fsp3) is 0.500. The Morgan fingerprint density at radius 2 is 2.06 bits per heavy atom. The molecule has 10 heteroatoms. The van der Waals surface area contributed by atoms with Crippen molar-refractivity contribution < 1.29 is 27.8 Å². The summed E-state index contributed by atoms with van der Waals surface area (Å²) in [5.74, 6) is -2.95. The monoisotopic (exact) mass is 446 g/mol. The number of hydrogen-bond acceptors (Lipinski definition) is 6. The van der Waals surface area contributed by atoms with Gasteiger partial charge in [0, 0.05) is 18.4 Å². The maximum atomic E-state index is 14.2. The third-order valence-corrected chi connectivity index (χ3v) is 5.81. The normalized spacial score (nSPS) is 25.3. The van der Waals surface area contributed by atoms with Gasteiger partial charge in [-0.2, -0.15) is 5.10 Å². The smallest absolute Gasteiger partial charge is 0.407 e. The maximum absolute atomic E-state index is 14.2. The molecular weight excluding hydrogens is 422 g/mol. The van der Waals surface area contributed by atoms with Crippen molar-refractivity contribution in [3.63, 3.8) is 0 Å². The van der Waals surface area contributed by atoms with Gasteiger partial charge in [-0.25, -0.2) is 13.6 Å². The molecule has 1 saturated heterocycles. The summed E-state index contributed by atoms with van der Waals surface area (Å²) in [7, 11) is 0. The van der Waals surface area contributed by atoms with E-state index in [0.29, 0.717) is 30.3 Å². The summed E-state index contributed by atoms with van der Waals surface area (Å²) in [6.07, 6.45) is 3.87. The number of cyclic esters (lactones) is 1. The van der Waals surface area contributed by atoms with Gasteiger partial charge in [-0.15, -0.1) is 0 Å². The molecule has 8 nitrogen and oxygen atoms in total. The van der Waals surface area contributed by atoms with Gasteiger partial charge in [0.2, 0.25) is 0 Å². The summed E-state index contributed by atoms with van der Waals surface area (Å²) in [4.78, 5) is 16.6. The summed E-state index contributed by atoms with van der Waals surface area (Å²) in [5.41, 5.74) is 3.13. The quantitative estimate of drug-likeness (QED) is 0.728. The van der Waals surface area contributed by atoms with Gasteiger partial charge in [-0.3, -0.25) is 9.67 Å². The molecule has 32 heavy (non-hydrogen) atoms. The Morgan fingerprint density at radius 3 is 2.91 bits per heavy atom. The molecule has 170 valence electrons. The van der Waals surface area contributed by atoms with Gasteiger partial charge in [-0.1, -0.05) is 6.07 Å². The number of rotatable bonds is 1. The van der Waals surface area contributed by atoms with Crippen molar-refractivity contribution in [3.05, 3.63) is 47.3 Å². The Balaban J connectivity index is 1.51. The number of alkyl halides is 2. The molecule has 1 N–H and O–H groups in total. The van der Waals surface area contributed by atoms with Gasteiger partial charge in [0.15, 0.2) is 6.61 Å². The number of carbonyl (C=O) groups excluding carboxylic acids is 1. The number of benzene rings is 1. The van der Waals surface area contributed by atoms with E-state index >= 15 is 0 Å². The van der Waals surface area contributed by atoms with E-state index in [0.717, 1.165) is 30.4 Å². The van der Waals surface area contributed by atoms with Gasteiger partial charge in [0.05, 0.1) is 24.9 Å². The zero-order valence-electron chi connectivity index (χ0n) is 17.4. The standard InChI is InChI=1S/C22H24F2N4O4/c23-22(24)12-25-21(29)31-10-8-28-7-6-17(27-28)19-16-11-14(32-13-22)4-5-15(16)20(26-19)18-3-1-2-9-30-18/h4-7,11,18,20H,1-3,8-10,12-13H2,(H,25,29). The summed E-state index contributed by atoms with van der Waals surface area (Å²) in [5, 5.41) is 6.66. The second-order valence-corrected chi connectivity index (χ2v) is 8.17. The minimum Gasteiger partial charge on any atom is -0.487 e.